The summed E-state index contributed by atoms with van der Waals surface area (Å²) in [6.45, 7) is 2.13. The molecule has 3 aromatic rings. The molecule has 1 aliphatic heterocycles. The first-order chi connectivity index (χ1) is 16.8. The summed E-state index contributed by atoms with van der Waals surface area (Å²) < 4.78 is 60.3. The van der Waals surface area contributed by atoms with Crippen molar-refractivity contribution in [3.8, 4) is 0 Å². The van der Waals surface area contributed by atoms with Gasteiger partial charge in [0.05, 0.1) is 12.2 Å². The van der Waals surface area contributed by atoms with E-state index in [9.17, 15) is 22.0 Å². The first kappa shape index (κ1) is 24.7. The van der Waals surface area contributed by atoms with Crippen LogP contribution in [0.25, 0.3) is 12.2 Å². The average Bonchev–Trinajstić information content (AvgIpc) is 3.23. The summed E-state index contributed by atoms with van der Waals surface area (Å²) in [5.74, 6) is -2.01. The van der Waals surface area contributed by atoms with Gasteiger partial charge in [0.1, 0.15) is 17.3 Å². The van der Waals surface area contributed by atoms with Crippen molar-refractivity contribution in [2.75, 3.05) is 13.1 Å². The number of pyridine rings is 1. The Morgan fingerprint density at radius 3 is 2.66 bits per heavy atom. The van der Waals surface area contributed by atoms with Gasteiger partial charge in [-0.15, -0.1) is 0 Å². The first-order valence-corrected chi connectivity index (χ1v) is 12.5. The van der Waals surface area contributed by atoms with Gasteiger partial charge >= 0.3 is 0 Å². The molecule has 0 unspecified atom stereocenters. The molecule has 0 spiro atoms. The van der Waals surface area contributed by atoms with E-state index < -0.39 is 21.7 Å². The predicted molar refractivity (Wildman–Crippen MR) is 124 cm³/mol. The molecule has 184 valence electrons. The first-order valence-electron chi connectivity index (χ1n) is 11.0. The Kier molecular flexibility index (Phi) is 7.37. The number of aromatic nitrogens is 2. The maximum Gasteiger partial charge on any atom is 0.248 e. The molecule has 3 heterocycles. The van der Waals surface area contributed by atoms with Crippen LogP contribution in [0.5, 0.6) is 0 Å². The van der Waals surface area contributed by atoms with E-state index in [0.29, 0.717) is 19.4 Å². The quantitative estimate of drug-likeness (QED) is 0.530. The molecule has 1 fully saturated rings. The van der Waals surface area contributed by atoms with E-state index in [-0.39, 0.29) is 46.8 Å². The van der Waals surface area contributed by atoms with E-state index in [4.69, 9.17) is 4.52 Å². The van der Waals surface area contributed by atoms with Gasteiger partial charge in [-0.25, -0.2) is 17.2 Å². The fourth-order valence-electron chi connectivity index (χ4n) is 3.91. The van der Waals surface area contributed by atoms with Gasteiger partial charge in [0.2, 0.25) is 15.9 Å². The highest BCUT2D eigenvalue weighted by Gasteiger charge is 2.35. The Morgan fingerprint density at radius 1 is 1.20 bits per heavy atom. The molecule has 0 bridgehead atoms. The van der Waals surface area contributed by atoms with Gasteiger partial charge < -0.3 is 9.84 Å². The Bertz CT molecular complexity index is 1330. The summed E-state index contributed by atoms with van der Waals surface area (Å²) in [4.78, 5) is 16.6. The third kappa shape index (κ3) is 5.63. The lowest BCUT2D eigenvalue weighted by Gasteiger charge is -2.30. The van der Waals surface area contributed by atoms with Crippen LogP contribution in [0.15, 0.2) is 52.0 Å². The highest BCUT2D eigenvalue weighted by atomic mass is 32.2. The summed E-state index contributed by atoms with van der Waals surface area (Å²) >= 11 is 0. The largest absolute Gasteiger partial charge is 0.355 e. The predicted octanol–water partition coefficient (Wildman–Crippen LogP) is 3.54. The van der Waals surface area contributed by atoms with Crippen molar-refractivity contribution >= 4 is 28.1 Å². The molecule has 2 aromatic heterocycles. The van der Waals surface area contributed by atoms with Crippen LogP contribution in [0, 0.1) is 24.5 Å². The molecule has 0 saturated carbocycles. The lowest BCUT2D eigenvalue weighted by atomic mass is 9.97. The molecule has 0 atom stereocenters. The lowest BCUT2D eigenvalue weighted by molar-refractivity contribution is -0.126. The van der Waals surface area contributed by atoms with Crippen LogP contribution in [-0.4, -0.2) is 41.9 Å². The van der Waals surface area contributed by atoms with E-state index in [1.54, 1.807) is 12.3 Å². The molecule has 1 amide bonds. The number of sulfonamides is 1. The van der Waals surface area contributed by atoms with Crippen molar-refractivity contribution in [2.45, 2.75) is 31.2 Å². The average molecular weight is 503 g/mol. The van der Waals surface area contributed by atoms with Gasteiger partial charge in [0, 0.05) is 36.8 Å². The van der Waals surface area contributed by atoms with Crippen LogP contribution < -0.4 is 5.32 Å². The molecular formula is C24H24F2N4O4S. The van der Waals surface area contributed by atoms with E-state index in [2.05, 4.69) is 15.5 Å². The Hall–Kier alpha value is -3.44. The standard InChI is InChI=1S/C24H24F2N4O4S/c1-16-23(22(34-29-16)8-6-17-5-7-19(25)14-21(17)26)35(32,33)30-12-9-18(10-13-30)24(31)28-15-20-4-2-3-11-27-20/h2-8,11,14,18H,9-10,12-13,15H2,1H3,(H,28,31). The molecular weight excluding hydrogens is 478 g/mol. The zero-order valence-corrected chi connectivity index (χ0v) is 19.8. The summed E-state index contributed by atoms with van der Waals surface area (Å²) in [5.41, 5.74) is 0.977. The summed E-state index contributed by atoms with van der Waals surface area (Å²) in [6, 6.07) is 8.52. The van der Waals surface area contributed by atoms with E-state index in [1.807, 2.05) is 12.1 Å². The van der Waals surface area contributed by atoms with Crippen LogP contribution >= 0.6 is 0 Å². The molecule has 1 aromatic carbocycles. The summed E-state index contributed by atoms with van der Waals surface area (Å²) in [5, 5.41) is 6.62. The van der Waals surface area contributed by atoms with Gasteiger partial charge in [-0.2, -0.15) is 4.31 Å². The van der Waals surface area contributed by atoms with Crippen molar-refractivity contribution in [2.24, 2.45) is 5.92 Å². The maximum absolute atomic E-state index is 13.9. The zero-order valence-electron chi connectivity index (χ0n) is 18.9. The second kappa shape index (κ2) is 10.4. The highest BCUT2D eigenvalue weighted by molar-refractivity contribution is 7.89. The van der Waals surface area contributed by atoms with E-state index in [1.165, 1.54) is 29.4 Å². The molecule has 0 aliphatic carbocycles. The number of carbonyl (C=O) groups is 1. The SMILES string of the molecule is Cc1noc(C=Cc2ccc(F)cc2F)c1S(=O)(=O)N1CCC(C(=O)NCc2ccccn2)CC1. The number of hydrogen-bond donors (Lipinski definition) is 1. The zero-order chi connectivity index (χ0) is 25.0. The summed E-state index contributed by atoms with van der Waals surface area (Å²) in [6.07, 6.45) is 4.97. The Morgan fingerprint density at radius 2 is 1.97 bits per heavy atom. The molecule has 35 heavy (non-hydrogen) atoms. The lowest BCUT2D eigenvalue weighted by Crippen LogP contribution is -2.43. The fraction of sp³-hybridized carbons (Fsp3) is 0.292. The highest BCUT2D eigenvalue weighted by Crippen LogP contribution is 2.29. The van der Waals surface area contributed by atoms with Gasteiger partial charge in [0.25, 0.3) is 0 Å². The molecule has 1 aliphatic rings. The number of rotatable bonds is 7. The van der Waals surface area contributed by atoms with Crippen LogP contribution in [-0.2, 0) is 21.4 Å². The molecule has 1 saturated heterocycles. The number of halogens is 2. The van der Waals surface area contributed by atoms with Crippen molar-refractivity contribution in [3.05, 3.63) is 76.9 Å². The smallest absolute Gasteiger partial charge is 0.248 e. The minimum absolute atomic E-state index is 0.0542. The van der Waals surface area contributed by atoms with E-state index >= 15 is 0 Å². The number of benzene rings is 1. The fourth-order valence-corrected chi connectivity index (χ4v) is 5.63. The van der Waals surface area contributed by atoms with E-state index in [0.717, 1.165) is 17.8 Å². The van der Waals surface area contributed by atoms with Crippen molar-refractivity contribution in [1.29, 1.82) is 0 Å². The second-order valence-electron chi connectivity index (χ2n) is 8.18. The number of amides is 1. The van der Waals surface area contributed by atoms with Crippen molar-refractivity contribution in [3.63, 3.8) is 0 Å². The Labute approximate surface area is 201 Å². The van der Waals surface area contributed by atoms with Crippen LogP contribution in [0.4, 0.5) is 8.78 Å². The van der Waals surface area contributed by atoms with Crippen LogP contribution in [0.1, 0.15) is 35.6 Å². The van der Waals surface area contributed by atoms with Gasteiger partial charge in [-0.1, -0.05) is 11.2 Å². The Balaban J connectivity index is 1.43. The summed E-state index contributed by atoms with van der Waals surface area (Å²) in [7, 11) is -3.98. The second-order valence-corrected chi connectivity index (χ2v) is 10.1. The van der Waals surface area contributed by atoms with Gasteiger partial charge in [-0.3, -0.25) is 9.78 Å². The molecule has 0 radical (unpaired) electrons. The molecule has 1 N–H and O–H groups in total. The molecule has 11 heteroatoms. The minimum atomic E-state index is -3.98. The number of aryl methyl sites for hydroxylation is 1. The van der Waals surface area contributed by atoms with Crippen LogP contribution in [0.3, 0.4) is 0 Å². The van der Waals surface area contributed by atoms with Crippen LogP contribution in [0.2, 0.25) is 0 Å². The molecule has 8 nitrogen and oxygen atoms in total. The third-order valence-corrected chi connectivity index (χ3v) is 7.86. The number of carbonyl (C=O) groups excluding carboxylic acids is 1. The normalized spacial score (nSPS) is 15.5. The van der Waals surface area contributed by atoms with Gasteiger partial charge in [-0.05, 0) is 56.2 Å². The number of nitrogens with one attached hydrogen (secondary N) is 1. The minimum Gasteiger partial charge on any atom is -0.355 e. The van der Waals surface area contributed by atoms with Crippen molar-refractivity contribution < 1.29 is 26.5 Å². The van der Waals surface area contributed by atoms with Gasteiger partial charge in [0.15, 0.2) is 10.7 Å². The monoisotopic (exact) mass is 502 g/mol. The maximum atomic E-state index is 13.9. The number of nitrogens with zero attached hydrogens (tertiary/aromatic N) is 3. The number of piperidine rings is 1. The number of hydrogen-bond acceptors (Lipinski definition) is 6. The molecule has 4 rings (SSSR count). The van der Waals surface area contributed by atoms with Crippen molar-refractivity contribution in [1.82, 2.24) is 19.8 Å². The topological polar surface area (TPSA) is 105 Å². The third-order valence-electron chi connectivity index (χ3n) is 5.80.